The van der Waals surface area contributed by atoms with Crippen molar-refractivity contribution in [2.75, 3.05) is 19.0 Å². The van der Waals surface area contributed by atoms with Crippen LogP contribution in [-0.2, 0) is 9.53 Å². The molecule has 0 aliphatic carbocycles. The van der Waals surface area contributed by atoms with Gasteiger partial charge in [0.05, 0.1) is 24.2 Å². The maximum Gasteiger partial charge on any atom is 0.341 e. The van der Waals surface area contributed by atoms with Crippen LogP contribution >= 0.6 is 11.3 Å². The molecule has 1 aromatic carbocycles. The topological polar surface area (TPSA) is 108 Å². The fourth-order valence-electron chi connectivity index (χ4n) is 2.33. The van der Waals surface area contributed by atoms with Crippen LogP contribution in [0.5, 0.6) is 5.75 Å². The third-order valence-corrected chi connectivity index (χ3v) is 4.85. The van der Waals surface area contributed by atoms with Gasteiger partial charge in [-0.15, -0.1) is 11.3 Å². The average molecular weight is 388 g/mol. The molecule has 27 heavy (non-hydrogen) atoms. The zero-order valence-electron chi connectivity index (χ0n) is 15.2. The van der Waals surface area contributed by atoms with E-state index < -0.39 is 17.8 Å². The first-order valence-corrected chi connectivity index (χ1v) is 8.92. The Balaban J connectivity index is 2.22. The Morgan fingerprint density at radius 3 is 2.44 bits per heavy atom. The van der Waals surface area contributed by atoms with E-state index in [2.05, 4.69) is 5.32 Å². The summed E-state index contributed by atoms with van der Waals surface area (Å²) in [4.78, 5) is 36.2. The summed E-state index contributed by atoms with van der Waals surface area (Å²) < 4.78 is 10.1. The number of thiophene rings is 1. The second-order valence-corrected chi connectivity index (χ2v) is 6.46. The van der Waals surface area contributed by atoms with Crippen molar-refractivity contribution in [2.24, 2.45) is 5.73 Å². The van der Waals surface area contributed by atoms with Gasteiger partial charge >= 0.3 is 5.97 Å². The highest BCUT2D eigenvalue weighted by molar-refractivity contribution is 7.18. The van der Waals surface area contributed by atoms with Crippen molar-refractivity contribution in [1.29, 1.82) is 0 Å². The highest BCUT2D eigenvalue weighted by atomic mass is 32.1. The van der Waals surface area contributed by atoms with E-state index in [4.69, 9.17) is 15.2 Å². The molecule has 0 saturated heterocycles. The number of hydrogen-bond acceptors (Lipinski definition) is 6. The number of nitrogens with one attached hydrogen (secondary N) is 1. The summed E-state index contributed by atoms with van der Waals surface area (Å²) in [6.45, 7) is 3.43. The van der Waals surface area contributed by atoms with Gasteiger partial charge in [0, 0.05) is 6.08 Å². The Morgan fingerprint density at radius 1 is 1.22 bits per heavy atom. The molecule has 7 nitrogen and oxygen atoms in total. The summed E-state index contributed by atoms with van der Waals surface area (Å²) >= 11 is 0.946. The quantitative estimate of drug-likeness (QED) is 0.560. The molecular formula is C19H20N2O5S. The van der Waals surface area contributed by atoms with Gasteiger partial charge in [-0.1, -0.05) is 12.1 Å². The summed E-state index contributed by atoms with van der Waals surface area (Å²) in [5.41, 5.74) is 6.67. The van der Waals surface area contributed by atoms with E-state index in [9.17, 15) is 14.4 Å². The van der Waals surface area contributed by atoms with Crippen LogP contribution in [0.3, 0.4) is 0 Å². The van der Waals surface area contributed by atoms with Crippen molar-refractivity contribution in [2.45, 2.75) is 13.8 Å². The van der Waals surface area contributed by atoms with Gasteiger partial charge in [-0.3, -0.25) is 9.59 Å². The van der Waals surface area contributed by atoms with Gasteiger partial charge in [0.1, 0.15) is 10.8 Å². The molecular weight excluding hydrogens is 368 g/mol. The van der Waals surface area contributed by atoms with Crippen LogP contribution in [-0.4, -0.2) is 31.5 Å². The number of amides is 2. The number of hydrogen-bond donors (Lipinski definition) is 2. The number of nitrogens with two attached hydrogens (primary N) is 1. The number of anilines is 1. The van der Waals surface area contributed by atoms with Crippen molar-refractivity contribution < 1.29 is 23.9 Å². The SMILES string of the molecule is CCOC(=O)c1c(NC(=O)/C=C/c2ccc(OC)cc2)sc(C(N)=O)c1C. The van der Waals surface area contributed by atoms with E-state index in [1.165, 1.54) is 6.08 Å². The standard InChI is InChI=1S/C19H20N2O5S/c1-4-26-19(24)15-11(2)16(17(20)23)27-18(15)21-14(22)10-7-12-5-8-13(25-3)9-6-12/h5-10H,4H2,1-3H3,(H2,20,23)(H,21,22)/b10-7+. The fourth-order valence-corrected chi connectivity index (χ4v) is 3.38. The first kappa shape index (κ1) is 20.2. The van der Waals surface area contributed by atoms with E-state index in [0.717, 1.165) is 16.9 Å². The number of primary amides is 1. The molecule has 0 radical (unpaired) electrons. The highest BCUT2D eigenvalue weighted by Gasteiger charge is 2.25. The van der Waals surface area contributed by atoms with Crippen LogP contribution in [0.15, 0.2) is 30.3 Å². The Kier molecular flexibility index (Phi) is 6.73. The largest absolute Gasteiger partial charge is 0.497 e. The van der Waals surface area contributed by atoms with E-state index in [1.807, 2.05) is 0 Å². The van der Waals surface area contributed by atoms with Crippen LogP contribution < -0.4 is 15.8 Å². The maximum atomic E-state index is 12.2. The van der Waals surface area contributed by atoms with Gasteiger partial charge < -0.3 is 20.5 Å². The van der Waals surface area contributed by atoms with Crippen molar-refractivity contribution in [3.63, 3.8) is 0 Å². The predicted molar refractivity (Wildman–Crippen MR) is 104 cm³/mol. The second kappa shape index (κ2) is 9.00. The summed E-state index contributed by atoms with van der Waals surface area (Å²) in [5.74, 6) is -1.03. The molecule has 3 N–H and O–H groups in total. The zero-order chi connectivity index (χ0) is 20.0. The number of carbonyl (C=O) groups is 3. The Morgan fingerprint density at radius 2 is 1.89 bits per heavy atom. The minimum Gasteiger partial charge on any atom is -0.497 e. The molecule has 2 aromatic rings. The molecule has 2 amide bonds. The van der Waals surface area contributed by atoms with Crippen LogP contribution in [0.25, 0.3) is 6.08 Å². The molecule has 0 bridgehead atoms. The lowest BCUT2D eigenvalue weighted by atomic mass is 10.1. The van der Waals surface area contributed by atoms with Crippen molar-refractivity contribution >= 4 is 40.2 Å². The molecule has 0 spiro atoms. The second-order valence-electron chi connectivity index (χ2n) is 5.44. The monoisotopic (exact) mass is 388 g/mol. The van der Waals surface area contributed by atoms with Crippen LogP contribution in [0, 0.1) is 6.92 Å². The summed E-state index contributed by atoms with van der Waals surface area (Å²) in [6, 6.07) is 7.15. The molecule has 142 valence electrons. The molecule has 0 fully saturated rings. The number of ether oxygens (including phenoxy) is 2. The molecule has 1 heterocycles. The van der Waals surface area contributed by atoms with E-state index in [1.54, 1.807) is 51.3 Å². The maximum absolute atomic E-state index is 12.2. The van der Waals surface area contributed by atoms with Crippen LogP contribution in [0.1, 0.15) is 38.1 Å². The summed E-state index contributed by atoms with van der Waals surface area (Å²) in [5, 5.41) is 2.84. The van der Waals surface area contributed by atoms with E-state index >= 15 is 0 Å². The molecule has 1 aromatic heterocycles. The molecule has 8 heteroatoms. The average Bonchev–Trinajstić information content (AvgIpc) is 2.97. The smallest absolute Gasteiger partial charge is 0.341 e. The third-order valence-electron chi connectivity index (χ3n) is 3.63. The number of carbonyl (C=O) groups excluding carboxylic acids is 3. The number of esters is 1. The first-order chi connectivity index (χ1) is 12.9. The first-order valence-electron chi connectivity index (χ1n) is 8.10. The van der Waals surface area contributed by atoms with E-state index in [0.29, 0.717) is 11.3 Å². The lowest BCUT2D eigenvalue weighted by molar-refractivity contribution is -0.111. The van der Waals surface area contributed by atoms with Crippen molar-refractivity contribution in [1.82, 2.24) is 0 Å². The third kappa shape index (κ3) is 4.95. The molecule has 2 rings (SSSR count). The van der Waals surface area contributed by atoms with Crippen LogP contribution in [0.4, 0.5) is 5.00 Å². The Hall–Kier alpha value is -3.13. The Labute approximate surface area is 160 Å². The van der Waals surface area contributed by atoms with Gasteiger partial charge in [0.2, 0.25) is 5.91 Å². The molecule has 0 aliphatic heterocycles. The Bertz CT molecular complexity index is 884. The predicted octanol–water partition coefficient (Wildman–Crippen LogP) is 2.99. The zero-order valence-corrected chi connectivity index (χ0v) is 16.0. The van der Waals surface area contributed by atoms with Gasteiger partial charge in [-0.25, -0.2) is 4.79 Å². The summed E-state index contributed by atoms with van der Waals surface area (Å²) in [7, 11) is 1.57. The van der Waals surface area contributed by atoms with Crippen LogP contribution in [0.2, 0.25) is 0 Å². The lowest BCUT2D eigenvalue weighted by Gasteiger charge is -2.05. The molecule has 0 atom stereocenters. The normalized spacial score (nSPS) is 10.6. The van der Waals surface area contributed by atoms with Gasteiger partial charge in [-0.05, 0) is 43.2 Å². The number of methoxy groups -OCH3 is 1. The minimum absolute atomic E-state index is 0.141. The van der Waals surface area contributed by atoms with E-state index in [-0.39, 0.29) is 22.0 Å². The van der Waals surface area contributed by atoms with Gasteiger partial charge in [0.15, 0.2) is 0 Å². The molecule has 0 unspecified atom stereocenters. The van der Waals surface area contributed by atoms with Gasteiger partial charge in [0.25, 0.3) is 5.91 Å². The number of benzene rings is 1. The summed E-state index contributed by atoms with van der Waals surface area (Å²) in [6.07, 6.45) is 2.95. The molecule has 0 saturated carbocycles. The lowest BCUT2D eigenvalue weighted by Crippen LogP contribution is -2.13. The van der Waals surface area contributed by atoms with Crippen molar-refractivity contribution in [3.05, 3.63) is 51.9 Å². The fraction of sp³-hybridized carbons (Fsp3) is 0.211. The minimum atomic E-state index is -0.669. The number of rotatable bonds is 7. The molecule has 0 aliphatic rings. The highest BCUT2D eigenvalue weighted by Crippen LogP contribution is 2.33. The van der Waals surface area contributed by atoms with Gasteiger partial charge in [-0.2, -0.15) is 0 Å². The van der Waals surface area contributed by atoms with Crippen molar-refractivity contribution in [3.8, 4) is 5.75 Å².